The molecule has 0 amide bonds. The molecular formula is C8H9ClN2O2. The van der Waals surface area contributed by atoms with Crippen LogP contribution in [0.3, 0.4) is 0 Å². The Morgan fingerprint density at radius 1 is 1.23 bits per heavy atom. The monoisotopic (exact) mass is 200 g/mol. The lowest BCUT2D eigenvalue weighted by molar-refractivity contribution is 0.476. The lowest BCUT2D eigenvalue weighted by Gasteiger charge is -1.94. The molecule has 0 aliphatic rings. The lowest BCUT2D eigenvalue weighted by Crippen LogP contribution is -1.78. The molecule has 5 heteroatoms. The van der Waals surface area contributed by atoms with Crippen LogP contribution in [-0.4, -0.2) is 20.6 Å². The number of phenols is 1. The average Bonchev–Trinajstić information content (AvgIpc) is 2.04. The molecule has 0 fully saturated rings. The second-order valence-corrected chi connectivity index (χ2v) is 2.27. The van der Waals surface area contributed by atoms with Gasteiger partial charge in [0, 0.05) is 11.6 Å². The minimum Gasteiger partial charge on any atom is -0.508 e. The second kappa shape index (κ2) is 4.59. The van der Waals surface area contributed by atoms with Gasteiger partial charge in [-0.15, -0.1) is 12.4 Å². The van der Waals surface area contributed by atoms with E-state index in [9.17, 15) is 0 Å². The molecular weight excluding hydrogens is 192 g/mol. The highest BCUT2D eigenvalue weighted by Gasteiger charge is 1.93. The number of aromatic nitrogens is 2. The van der Waals surface area contributed by atoms with Crippen LogP contribution in [0.1, 0.15) is 0 Å². The summed E-state index contributed by atoms with van der Waals surface area (Å²) in [4.78, 5) is 7.83. The van der Waals surface area contributed by atoms with Gasteiger partial charge in [-0.2, -0.15) is 0 Å². The van der Waals surface area contributed by atoms with E-state index < -0.39 is 0 Å². The Kier molecular flexibility index (Phi) is 4.10. The van der Waals surface area contributed by atoms with Crippen LogP contribution in [-0.2, 0) is 0 Å². The Balaban J connectivity index is 0.000000720. The van der Waals surface area contributed by atoms with Crippen LogP contribution in [0.2, 0.25) is 0 Å². The summed E-state index contributed by atoms with van der Waals surface area (Å²) in [7, 11) is 0. The molecule has 0 saturated heterocycles. The molecule has 0 aliphatic carbocycles. The first-order chi connectivity index (χ1) is 5.36. The molecule has 1 aromatic carbocycles. The number of nitrogens with zero attached hydrogens (tertiary/aromatic N) is 2. The number of phenolic OH excluding ortho intramolecular Hbond substituents is 1. The van der Waals surface area contributed by atoms with E-state index in [2.05, 4.69) is 9.97 Å². The Labute approximate surface area is 81.0 Å². The number of rotatable bonds is 0. The van der Waals surface area contributed by atoms with Gasteiger partial charge < -0.3 is 10.6 Å². The molecule has 0 bridgehead atoms. The summed E-state index contributed by atoms with van der Waals surface area (Å²) in [5, 5.41) is 9.93. The molecule has 0 atom stereocenters. The van der Waals surface area contributed by atoms with E-state index in [0.29, 0.717) is 0 Å². The molecule has 2 aromatic rings. The first-order valence-electron chi connectivity index (χ1n) is 3.25. The summed E-state index contributed by atoms with van der Waals surface area (Å²) in [6, 6.07) is 5.00. The number of benzene rings is 1. The van der Waals surface area contributed by atoms with Gasteiger partial charge in [-0.25, -0.2) is 9.97 Å². The minimum atomic E-state index is 0. The zero-order chi connectivity index (χ0) is 7.68. The van der Waals surface area contributed by atoms with E-state index in [-0.39, 0.29) is 23.6 Å². The van der Waals surface area contributed by atoms with Crippen LogP contribution in [0.25, 0.3) is 10.9 Å². The van der Waals surface area contributed by atoms with Gasteiger partial charge in [-0.05, 0) is 18.2 Å². The number of fused-ring (bicyclic) bond motifs is 1. The van der Waals surface area contributed by atoms with Crippen molar-refractivity contribution < 1.29 is 10.6 Å². The van der Waals surface area contributed by atoms with Crippen LogP contribution in [0.15, 0.2) is 30.7 Å². The van der Waals surface area contributed by atoms with Crippen molar-refractivity contribution in [2.24, 2.45) is 0 Å². The number of aromatic hydroxyl groups is 1. The van der Waals surface area contributed by atoms with Gasteiger partial charge in [0.1, 0.15) is 12.1 Å². The summed E-state index contributed by atoms with van der Waals surface area (Å²) in [5.74, 6) is 0.243. The van der Waals surface area contributed by atoms with E-state index in [4.69, 9.17) is 5.11 Å². The van der Waals surface area contributed by atoms with E-state index in [1.165, 1.54) is 6.33 Å². The molecule has 1 heterocycles. The van der Waals surface area contributed by atoms with Crippen molar-refractivity contribution in [3.05, 3.63) is 30.7 Å². The molecule has 0 radical (unpaired) electrons. The topological polar surface area (TPSA) is 77.5 Å². The van der Waals surface area contributed by atoms with Gasteiger partial charge in [0.05, 0.1) is 5.52 Å². The quantitative estimate of drug-likeness (QED) is 0.687. The second-order valence-electron chi connectivity index (χ2n) is 2.27. The number of halogens is 1. The fourth-order valence-electron chi connectivity index (χ4n) is 0.972. The van der Waals surface area contributed by atoms with Crippen molar-refractivity contribution >= 4 is 23.3 Å². The van der Waals surface area contributed by atoms with Crippen LogP contribution in [0.4, 0.5) is 0 Å². The standard InChI is InChI=1S/C8H6N2O.ClH.H2O/c11-7-1-2-8-6(3-7)4-9-5-10-8;;/h1-5,11H;1H;1H2. The maximum absolute atomic E-state index is 9.07. The molecule has 0 unspecified atom stereocenters. The SMILES string of the molecule is Cl.O.Oc1ccc2ncncc2c1. The van der Waals surface area contributed by atoms with Crippen molar-refractivity contribution in [2.45, 2.75) is 0 Å². The molecule has 0 spiro atoms. The van der Waals surface area contributed by atoms with Crippen molar-refractivity contribution in [1.82, 2.24) is 9.97 Å². The first-order valence-corrected chi connectivity index (χ1v) is 3.25. The van der Waals surface area contributed by atoms with E-state index >= 15 is 0 Å². The Morgan fingerprint density at radius 3 is 2.77 bits per heavy atom. The third-order valence-corrected chi connectivity index (χ3v) is 1.49. The molecule has 0 saturated carbocycles. The first kappa shape index (κ1) is 11.6. The summed E-state index contributed by atoms with van der Waals surface area (Å²) < 4.78 is 0. The van der Waals surface area contributed by atoms with E-state index in [1.54, 1.807) is 24.4 Å². The zero-order valence-electron chi connectivity index (χ0n) is 6.64. The summed E-state index contributed by atoms with van der Waals surface area (Å²) in [6.07, 6.45) is 3.15. The molecule has 3 N–H and O–H groups in total. The highest BCUT2D eigenvalue weighted by molar-refractivity contribution is 5.85. The Bertz CT molecular complexity index is 395. The third-order valence-electron chi connectivity index (χ3n) is 1.49. The third kappa shape index (κ3) is 2.27. The summed E-state index contributed by atoms with van der Waals surface area (Å²) in [5.41, 5.74) is 0.845. The molecule has 4 nitrogen and oxygen atoms in total. The largest absolute Gasteiger partial charge is 0.508 e. The van der Waals surface area contributed by atoms with E-state index in [1.807, 2.05) is 0 Å². The van der Waals surface area contributed by atoms with E-state index in [0.717, 1.165) is 10.9 Å². The normalized spacial score (nSPS) is 8.62. The maximum atomic E-state index is 9.07. The van der Waals surface area contributed by atoms with Crippen molar-refractivity contribution in [2.75, 3.05) is 0 Å². The van der Waals surface area contributed by atoms with Gasteiger partial charge in [0.15, 0.2) is 0 Å². The molecule has 13 heavy (non-hydrogen) atoms. The predicted octanol–water partition coefficient (Wildman–Crippen LogP) is 0.932. The summed E-state index contributed by atoms with van der Waals surface area (Å²) in [6.45, 7) is 0. The fraction of sp³-hybridized carbons (Fsp3) is 0. The van der Waals surface area contributed by atoms with Crippen LogP contribution in [0.5, 0.6) is 5.75 Å². The Hall–Kier alpha value is -1.39. The van der Waals surface area contributed by atoms with Gasteiger partial charge in [-0.1, -0.05) is 0 Å². The molecule has 0 aliphatic heterocycles. The Morgan fingerprint density at radius 2 is 2.00 bits per heavy atom. The highest BCUT2D eigenvalue weighted by Crippen LogP contribution is 2.15. The van der Waals surface area contributed by atoms with Gasteiger partial charge >= 0.3 is 0 Å². The average molecular weight is 201 g/mol. The van der Waals surface area contributed by atoms with Crippen LogP contribution < -0.4 is 0 Å². The maximum Gasteiger partial charge on any atom is 0.116 e. The van der Waals surface area contributed by atoms with Crippen LogP contribution in [0, 0.1) is 0 Å². The zero-order valence-corrected chi connectivity index (χ0v) is 7.45. The molecule has 1 aromatic heterocycles. The number of hydrogen-bond donors (Lipinski definition) is 1. The number of hydrogen-bond acceptors (Lipinski definition) is 3. The van der Waals surface area contributed by atoms with Crippen molar-refractivity contribution in [3.8, 4) is 5.75 Å². The summed E-state index contributed by atoms with van der Waals surface area (Å²) >= 11 is 0. The van der Waals surface area contributed by atoms with Gasteiger partial charge in [0.25, 0.3) is 0 Å². The molecule has 70 valence electrons. The molecule has 2 rings (SSSR count). The minimum absolute atomic E-state index is 0. The van der Waals surface area contributed by atoms with Gasteiger partial charge in [-0.3, -0.25) is 0 Å². The van der Waals surface area contributed by atoms with Crippen molar-refractivity contribution in [1.29, 1.82) is 0 Å². The lowest BCUT2D eigenvalue weighted by atomic mass is 10.2. The predicted molar refractivity (Wildman–Crippen MR) is 52.1 cm³/mol. The highest BCUT2D eigenvalue weighted by atomic mass is 35.5. The fourth-order valence-corrected chi connectivity index (χ4v) is 0.972. The van der Waals surface area contributed by atoms with Crippen LogP contribution >= 0.6 is 12.4 Å². The van der Waals surface area contributed by atoms with Crippen molar-refractivity contribution in [3.63, 3.8) is 0 Å². The van der Waals surface area contributed by atoms with Gasteiger partial charge in [0.2, 0.25) is 0 Å². The smallest absolute Gasteiger partial charge is 0.116 e.